The first-order valence-electron chi connectivity index (χ1n) is 5.33. The van der Waals surface area contributed by atoms with Crippen LogP contribution in [-0.2, 0) is 9.53 Å². The van der Waals surface area contributed by atoms with Crippen LogP contribution in [0.2, 0.25) is 0 Å². The van der Waals surface area contributed by atoms with Gasteiger partial charge in [-0.15, -0.1) is 0 Å². The van der Waals surface area contributed by atoms with E-state index in [2.05, 4.69) is 0 Å². The second kappa shape index (κ2) is 6.05. The van der Waals surface area contributed by atoms with Crippen molar-refractivity contribution in [3.05, 3.63) is 35.4 Å². The van der Waals surface area contributed by atoms with Gasteiger partial charge in [0.2, 0.25) is 0 Å². The second-order valence-electron chi connectivity index (χ2n) is 3.81. The molecule has 0 amide bonds. The average Bonchev–Trinajstić information content (AvgIpc) is 2.24. The summed E-state index contributed by atoms with van der Waals surface area (Å²) in [7, 11) is 0. The Bertz CT molecular complexity index is 383. The molecule has 86 valence electrons. The highest BCUT2D eigenvalue weighted by Crippen LogP contribution is 2.06. The number of Topliss-reactive ketones (excluding diaryl/α,β-unsaturated/α-hetero) is 1. The summed E-state index contributed by atoms with van der Waals surface area (Å²) in [6.45, 7) is 3.75. The van der Waals surface area contributed by atoms with Crippen LogP contribution in [0.25, 0.3) is 0 Å². The van der Waals surface area contributed by atoms with Gasteiger partial charge in [-0.2, -0.15) is 0 Å². The van der Waals surface area contributed by atoms with Crippen LogP contribution in [0.4, 0.5) is 0 Å². The Labute approximate surface area is 95.4 Å². The van der Waals surface area contributed by atoms with E-state index in [1.54, 1.807) is 12.1 Å². The summed E-state index contributed by atoms with van der Waals surface area (Å²) in [6, 6.07) is 7.25. The molecule has 0 spiro atoms. The summed E-state index contributed by atoms with van der Waals surface area (Å²) < 4.78 is 5.04. The van der Waals surface area contributed by atoms with Gasteiger partial charge in [-0.25, -0.2) is 4.79 Å². The molecule has 0 aliphatic carbocycles. The average molecular weight is 220 g/mol. The molecule has 0 saturated carbocycles. The maximum Gasteiger partial charge on any atom is 0.338 e. The van der Waals surface area contributed by atoms with Crippen LogP contribution >= 0.6 is 0 Å². The number of aryl methyl sites for hydroxylation is 1. The molecule has 1 rings (SSSR count). The number of benzene rings is 1. The van der Waals surface area contributed by atoms with Crippen molar-refractivity contribution in [2.75, 3.05) is 6.61 Å². The highest BCUT2D eigenvalue weighted by Gasteiger charge is 2.06. The Morgan fingerprint density at radius 3 is 2.69 bits per heavy atom. The highest BCUT2D eigenvalue weighted by molar-refractivity contribution is 5.89. The minimum Gasteiger partial charge on any atom is -0.462 e. The lowest BCUT2D eigenvalue weighted by Crippen LogP contribution is -2.07. The number of carbonyl (C=O) groups is 2. The van der Waals surface area contributed by atoms with Gasteiger partial charge in [0, 0.05) is 6.42 Å². The predicted octanol–water partition coefficient (Wildman–Crippen LogP) is 2.52. The summed E-state index contributed by atoms with van der Waals surface area (Å²) >= 11 is 0. The topological polar surface area (TPSA) is 43.4 Å². The van der Waals surface area contributed by atoms with E-state index in [0.29, 0.717) is 25.0 Å². The number of ether oxygens (including phenoxy) is 1. The molecule has 0 aliphatic heterocycles. The molecular formula is C13H16O3. The number of ketones is 1. The lowest BCUT2D eigenvalue weighted by Gasteiger charge is -2.04. The van der Waals surface area contributed by atoms with Crippen LogP contribution in [-0.4, -0.2) is 18.4 Å². The van der Waals surface area contributed by atoms with Gasteiger partial charge in [-0.3, -0.25) is 0 Å². The smallest absolute Gasteiger partial charge is 0.338 e. The van der Waals surface area contributed by atoms with Crippen molar-refractivity contribution in [3.8, 4) is 0 Å². The van der Waals surface area contributed by atoms with Crippen LogP contribution in [0.5, 0.6) is 0 Å². The first-order chi connectivity index (χ1) is 7.59. The van der Waals surface area contributed by atoms with E-state index in [1.165, 1.54) is 6.92 Å². The Hall–Kier alpha value is -1.64. The summed E-state index contributed by atoms with van der Waals surface area (Å²) in [5, 5.41) is 0. The van der Waals surface area contributed by atoms with E-state index < -0.39 is 0 Å². The van der Waals surface area contributed by atoms with E-state index in [0.717, 1.165) is 5.56 Å². The molecule has 0 unspecified atom stereocenters. The molecule has 3 heteroatoms. The Morgan fingerprint density at radius 1 is 1.31 bits per heavy atom. The lowest BCUT2D eigenvalue weighted by molar-refractivity contribution is -0.117. The third kappa shape index (κ3) is 4.26. The fourth-order valence-corrected chi connectivity index (χ4v) is 1.34. The van der Waals surface area contributed by atoms with E-state index in [-0.39, 0.29) is 11.8 Å². The number of carbonyl (C=O) groups excluding carboxylic acids is 2. The molecule has 3 nitrogen and oxygen atoms in total. The fourth-order valence-electron chi connectivity index (χ4n) is 1.34. The normalized spacial score (nSPS) is 9.88. The molecule has 0 radical (unpaired) electrons. The quantitative estimate of drug-likeness (QED) is 0.565. The molecule has 0 fully saturated rings. The molecule has 0 heterocycles. The maximum atomic E-state index is 11.5. The molecular weight excluding hydrogens is 204 g/mol. The minimum absolute atomic E-state index is 0.117. The number of rotatable bonds is 5. The molecule has 0 saturated heterocycles. The van der Waals surface area contributed by atoms with E-state index >= 15 is 0 Å². The molecule has 0 aliphatic rings. The van der Waals surface area contributed by atoms with Gasteiger partial charge in [0.25, 0.3) is 0 Å². The molecule has 0 N–H and O–H groups in total. The summed E-state index contributed by atoms with van der Waals surface area (Å²) in [5.41, 5.74) is 1.58. The predicted molar refractivity (Wildman–Crippen MR) is 61.4 cm³/mol. The standard InChI is InChI=1S/C13H16O3/c1-10-5-3-7-12(9-10)13(15)16-8-4-6-11(2)14/h3,5,7,9H,4,6,8H2,1-2H3. The summed E-state index contributed by atoms with van der Waals surface area (Å²) in [4.78, 5) is 22.2. The molecule has 1 aromatic carbocycles. The zero-order valence-electron chi connectivity index (χ0n) is 9.66. The number of hydrogen-bond donors (Lipinski definition) is 0. The summed E-state index contributed by atoms with van der Waals surface area (Å²) in [6.07, 6.45) is 1.05. The van der Waals surface area contributed by atoms with Crippen molar-refractivity contribution < 1.29 is 14.3 Å². The number of esters is 1. The van der Waals surface area contributed by atoms with Crippen molar-refractivity contribution in [2.24, 2.45) is 0 Å². The van der Waals surface area contributed by atoms with Gasteiger partial charge in [-0.05, 0) is 32.4 Å². The van der Waals surface area contributed by atoms with Gasteiger partial charge < -0.3 is 9.53 Å². The Balaban J connectivity index is 2.38. The van der Waals surface area contributed by atoms with Crippen molar-refractivity contribution in [2.45, 2.75) is 26.7 Å². The van der Waals surface area contributed by atoms with Crippen molar-refractivity contribution in [1.82, 2.24) is 0 Å². The SMILES string of the molecule is CC(=O)CCCOC(=O)c1cccc(C)c1. The van der Waals surface area contributed by atoms with E-state index in [4.69, 9.17) is 4.74 Å². The molecule has 0 aromatic heterocycles. The number of hydrogen-bond acceptors (Lipinski definition) is 3. The van der Waals surface area contributed by atoms with Gasteiger partial charge >= 0.3 is 5.97 Å². The maximum absolute atomic E-state index is 11.5. The second-order valence-corrected chi connectivity index (χ2v) is 3.81. The third-order valence-electron chi connectivity index (χ3n) is 2.16. The first kappa shape index (κ1) is 12.4. The third-order valence-corrected chi connectivity index (χ3v) is 2.16. The molecule has 0 atom stereocenters. The van der Waals surface area contributed by atoms with Gasteiger partial charge in [-0.1, -0.05) is 17.7 Å². The fraction of sp³-hybridized carbons (Fsp3) is 0.385. The minimum atomic E-state index is -0.327. The lowest BCUT2D eigenvalue weighted by atomic mass is 10.1. The van der Waals surface area contributed by atoms with Crippen molar-refractivity contribution in [1.29, 1.82) is 0 Å². The van der Waals surface area contributed by atoms with E-state index in [9.17, 15) is 9.59 Å². The van der Waals surface area contributed by atoms with Gasteiger partial charge in [0.1, 0.15) is 5.78 Å². The van der Waals surface area contributed by atoms with Crippen LogP contribution < -0.4 is 0 Å². The Morgan fingerprint density at radius 2 is 2.06 bits per heavy atom. The van der Waals surface area contributed by atoms with Crippen LogP contribution in [0.1, 0.15) is 35.7 Å². The van der Waals surface area contributed by atoms with Crippen LogP contribution in [0, 0.1) is 6.92 Å². The first-order valence-corrected chi connectivity index (χ1v) is 5.33. The van der Waals surface area contributed by atoms with Crippen LogP contribution in [0.3, 0.4) is 0 Å². The van der Waals surface area contributed by atoms with Crippen LogP contribution in [0.15, 0.2) is 24.3 Å². The Kier molecular flexibility index (Phi) is 4.70. The molecule has 0 bridgehead atoms. The van der Waals surface area contributed by atoms with Crippen molar-refractivity contribution in [3.63, 3.8) is 0 Å². The highest BCUT2D eigenvalue weighted by atomic mass is 16.5. The zero-order valence-corrected chi connectivity index (χ0v) is 9.66. The summed E-state index contributed by atoms with van der Waals surface area (Å²) in [5.74, 6) is -0.209. The molecule has 1 aromatic rings. The van der Waals surface area contributed by atoms with Gasteiger partial charge in [0.05, 0.1) is 12.2 Å². The molecule has 16 heavy (non-hydrogen) atoms. The largest absolute Gasteiger partial charge is 0.462 e. The van der Waals surface area contributed by atoms with Gasteiger partial charge in [0.15, 0.2) is 0 Å². The monoisotopic (exact) mass is 220 g/mol. The zero-order chi connectivity index (χ0) is 12.0. The van der Waals surface area contributed by atoms with E-state index in [1.807, 2.05) is 19.1 Å². The van der Waals surface area contributed by atoms with Crippen molar-refractivity contribution >= 4 is 11.8 Å².